The summed E-state index contributed by atoms with van der Waals surface area (Å²) in [4.78, 5) is 0. The maximum absolute atomic E-state index is 9.78. The van der Waals surface area contributed by atoms with Crippen LogP contribution in [0.25, 0.3) is 0 Å². The van der Waals surface area contributed by atoms with Crippen molar-refractivity contribution >= 4 is 0 Å². The van der Waals surface area contributed by atoms with E-state index in [1.807, 2.05) is 6.07 Å². The topological polar surface area (TPSA) is 85.5 Å². The van der Waals surface area contributed by atoms with Gasteiger partial charge in [0.2, 0.25) is 0 Å². The standard InChI is InChI=1S/C15H20N2O3/c16-7-11-1-3-15(4-2-11)20-10-14(19)9-17-8-12-5-13(18)6-12/h1-4,12-14,17-19H,5-6,8-10H2. The minimum atomic E-state index is -0.573. The molecule has 0 heterocycles. The first-order chi connectivity index (χ1) is 9.67. The van der Waals surface area contributed by atoms with Crippen LogP contribution in [0.5, 0.6) is 5.75 Å². The molecule has 0 aliphatic heterocycles. The fourth-order valence-corrected chi connectivity index (χ4v) is 2.20. The van der Waals surface area contributed by atoms with Crippen molar-refractivity contribution in [1.29, 1.82) is 5.26 Å². The molecule has 1 aliphatic carbocycles. The summed E-state index contributed by atoms with van der Waals surface area (Å²) in [7, 11) is 0. The summed E-state index contributed by atoms with van der Waals surface area (Å²) >= 11 is 0. The van der Waals surface area contributed by atoms with E-state index in [1.165, 1.54) is 0 Å². The number of nitriles is 1. The van der Waals surface area contributed by atoms with Gasteiger partial charge in [-0.15, -0.1) is 0 Å². The summed E-state index contributed by atoms with van der Waals surface area (Å²) in [5.74, 6) is 1.17. The quantitative estimate of drug-likeness (QED) is 0.681. The van der Waals surface area contributed by atoms with E-state index in [2.05, 4.69) is 5.32 Å². The number of hydrogen-bond donors (Lipinski definition) is 3. The van der Waals surface area contributed by atoms with Gasteiger partial charge < -0.3 is 20.3 Å². The summed E-state index contributed by atoms with van der Waals surface area (Å²) in [6, 6.07) is 8.84. The molecule has 0 radical (unpaired) electrons. The van der Waals surface area contributed by atoms with Gasteiger partial charge in [-0.3, -0.25) is 0 Å². The summed E-state index contributed by atoms with van der Waals surface area (Å²) in [6.45, 7) is 1.51. The number of benzene rings is 1. The van der Waals surface area contributed by atoms with Crippen LogP contribution < -0.4 is 10.1 Å². The van der Waals surface area contributed by atoms with Crippen LogP contribution in [0, 0.1) is 17.2 Å². The molecule has 5 heteroatoms. The third-order valence-electron chi connectivity index (χ3n) is 3.45. The van der Waals surface area contributed by atoms with Gasteiger partial charge in [0.15, 0.2) is 0 Å². The first kappa shape index (κ1) is 14.8. The Morgan fingerprint density at radius 2 is 2.05 bits per heavy atom. The van der Waals surface area contributed by atoms with Crippen molar-refractivity contribution in [2.45, 2.75) is 25.0 Å². The van der Waals surface area contributed by atoms with Crippen molar-refractivity contribution in [3.05, 3.63) is 29.8 Å². The molecule has 2 rings (SSSR count). The Hall–Kier alpha value is -1.61. The maximum atomic E-state index is 9.78. The average molecular weight is 276 g/mol. The molecule has 0 spiro atoms. The van der Waals surface area contributed by atoms with E-state index in [1.54, 1.807) is 24.3 Å². The molecule has 1 atom stereocenters. The Bertz CT molecular complexity index is 449. The molecular formula is C15H20N2O3. The SMILES string of the molecule is N#Cc1ccc(OCC(O)CNCC2CC(O)C2)cc1. The van der Waals surface area contributed by atoms with Gasteiger partial charge in [0.25, 0.3) is 0 Å². The number of hydrogen-bond acceptors (Lipinski definition) is 5. The van der Waals surface area contributed by atoms with Crippen molar-refractivity contribution < 1.29 is 14.9 Å². The number of ether oxygens (including phenoxy) is 1. The predicted molar refractivity (Wildman–Crippen MR) is 74.3 cm³/mol. The van der Waals surface area contributed by atoms with Gasteiger partial charge >= 0.3 is 0 Å². The minimum Gasteiger partial charge on any atom is -0.491 e. The zero-order valence-electron chi connectivity index (χ0n) is 11.3. The van der Waals surface area contributed by atoms with Crippen molar-refractivity contribution in [1.82, 2.24) is 5.32 Å². The highest BCUT2D eigenvalue weighted by Gasteiger charge is 2.26. The number of aliphatic hydroxyl groups is 2. The zero-order chi connectivity index (χ0) is 14.4. The van der Waals surface area contributed by atoms with Gasteiger partial charge in [-0.2, -0.15) is 5.26 Å². The first-order valence-electron chi connectivity index (χ1n) is 6.87. The van der Waals surface area contributed by atoms with E-state index in [-0.39, 0.29) is 12.7 Å². The summed E-state index contributed by atoms with van der Waals surface area (Å²) in [5.41, 5.74) is 0.585. The van der Waals surface area contributed by atoms with E-state index in [0.717, 1.165) is 19.4 Å². The lowest BCUT2D eigenvalue weighted by molar-refractivity contribution is 0.0400. The lowest BCUT2D eigenvalue weighted by atomic mass is 9.82. The molecule has 1 saturated carbocycles. The second-order valence-electron chi connectivity index (χ2n) is 5.25. The molecule has 1 fully saturated rings. The number of nitrogens with one attached hydrogen (secondary N) is 1. The molecule has 0 saturated heterocycles. The number of aliphatic hydroxyl groups excluding tert-OH is 2. The van der Waals surface area contributed by atoms with Crippen molar-refractivity contribution in [2.24, 2.45) is 5.92 Å². The molecule has 1 aromatic rings. The fraction of sp³-hybridized carbons (Fsp3) is 0.533. The Labute approximate surface area is 118 Å². The van der Waals surface area contributed by atoms with Crippen LogP contribution in [0.15, 0.2) is 24.3 Å². The van der Waals surface area contributed by atoms with E-state index in [0.29, 0.717) is 23.8 Å². The Morgan fingerprint density at radius 3 is 2.65 bits per heavy atom. The van der Waals surface area contributed by atoms with Gasteiger partial charge in [0, 0.05) is 6.54 Å². The molecule has 0 aromatic heterocycles. The molecule has 3 N–H and O–H groups in total. The smallest absolute Gasteiger partial charge is 0.119 e. The van der Waals surface area contributed by atoms with Crippen LogP contribution in [-0.2, 0) is 0 Å². The van der Waals surface area contributed by atoms with Crippen LogP contribution >= 0.6 is 0 Å². The van der Waals surface area contributed by atoms with E-state index in [9.17, 15) is 5.11 Å². The number of rotatable bonds is 7. The zero-order valence-corrected chi connectivity index (χ0v) is 11.3. The average Bonchev–Trinajstić information content (AvgIpc) is 2.43. The highest BCUT2D eigenvalue weighted by atomic mass is 16.5. The molecule has 5 nitrogen and oxygen atoms in total. The Morgan fingerprint density at radius 1 is 1.35 bits per heavy atom. The van der Waals surface area contributed by atoms with Crippen molar-refractivity contribution in [2.75, 3.05) is 19.7 Å². The summed E-state index contributed by atoms with van der Waals surface area (Å²) in [5, 5.41) is 30.8. The maximum Gasteiger partial charge on any atom is 0.119 e. The fourth-order valence-electron chi connectivity index (χ4n) is 2.20. The van der Waals surface area contributed by atoms with Gasteiger partial charge in [-0.05, 0) is 49.6 Å². The molecule has 20 heavy (non-hydrogen) atoms. The second kappa shape index (κ2) is 7.25. The summed E-state index contributed by atoms with van der Waals surface area (Å²) < 4.78 is 5.44. The molecular weight excluding hydrogens is 256 g/mol. The van der Waals surface area contributed by atoms with Crippen LogP contribution in [0.2, 0.25) is 0 Å². The van der Waals surface area contributed by atoms with Crippen LogP contribution in [0.3, 0.4) is 0 Å². The third kappa shape index (κ3) is 4.49. The molecule has 108 valence electrons. The lowest BCUT2D eigenvalue weighted by Gasteiger charge is -2.31. The Balaban J connectivity index is 1.59. The monoisotopic (exact) mass is 276 g/mol. The normalized spacial score (nSPS) is 22.6. The lowest BCUT2D eigenvalue weighted by Crippen LogP contribution is -2.39. The van der Waals surface area contributed by atoms with Crippen molar-refractivity contribution in [3.63, 3.8) is 0 Å². The van der Waals surface area contributed by atoms with Gasteiger partial charge in [-0.1, -0.05) is 0 Å². The van der Waals surface area contributed by atoms with E-state index >= 15 is 0 Å². The van der Waals surface area contributed by atoms with Crippen molar-refractivity contribution in [3.8, 4) is 11.8 Å². The molecule has 1 aromatic carbocycles. The first-order valence-corrected chi connectivity index (χ1v) is 6.87. The van der Waals surface area contributed by atoms with Gasteiger partial charge in [-0.25, -0.2) is 0 Å². The molecule has 0 bridgehead atoms. The van der Waals surface area contributed by atoms with Crippen LogP contribution in [0.1, 0.15) is 18.4 Å². The van der Waals surface area contributed by atoms with Gasteiger partial charge in [0.05, 0.1) is 17.7 Å². The van der Waals surface area contributed by atoms with Crippen LogP contribution in [0.4, 0.5) is 0 Å². The highest BCUT2D eigenvalue weighted by Crippen LogP contribution is 2.25. The molecule has 1 unspecified atom stereocenters. The van der Waals surface area contributed by atoms with E-state index in [4.69, 9.17) is 15.1 Å². The Kier molecular flexibility index (Phi) is 5.36. The predicted octanol–water partition coefficient (Wildman–Crippen LogP) is 0.658. The molecule has 0 amide bonds. The third-order valence-corrected chi connectivity index (χ3v) is 3.45. The highest BCUT2D eigenvalue weighted by molar-refractivity contribution is 5.34. The van der Waals surface area contributed by atoms with Crippen LogP contribution in [-0.4, -0.2) is 42.1 Å². The second-order valence-corrected chi connectivity index (χ2v) is 5.25. The van der Waals surface area contributed by atoms with Gasteiger partial charge in [0.1, 0.15) is 18.5 Å². The summed E-state index contributed by atoms with van der Waals surface area (Å²) in [6.07, 6.45) is 0.998. The van der Waals surface area contributed by atoms with E-state index < -0.39 is 6.10 Å². The largest absolute Gasteiger partial charge is 0.491 e. The number of nitrogens with zero attached hydrogens (tertiary/aromatic N) is 1. The molecule has 1 aliphatic rings. The minimum absolute atomic E-state index is 0.133.